The van der Waals surface area contributed by atoms with Crippen molar-refractivity contribution in [1.82, 2.24) is 19.8 Å². The number of likely N-dealkylation sites (N-methyl/N-ethyl adjacent to an activating group) is 1. The summed E-state index contributed by atoms with van der Waals surface area (Å²) in [6.45, 7) is 8.34. The highest BCUT2D eigenvalue weighted by molar-refractivity contribution is 5.87. The van der Waals surface area contributed by atoms with Gasteiger partial charge in [-0.25, -0.2) is 9.97 Å². The van der Waals surface area contributed by atoms with Crippen molar-refractivity contribution >= 4 is 23.2 Å². The Morgan fingerprint density at radius 1 is 1.24 bits per heavy atom. The molecule has 9 heteroatoms. The molecule has 0 aliphatic carbocycles. The van der Waals surface area contributed by atoms with E-state index in [2.05, 4.69) is 58.4 Å². The van der Waals surface area contributed by atoms with Gasteiger partial charge in [0.1, 0.15) is 5.75 Å². The van der Waals surface area contributed by atoms with Crippen LogP contribution in [0.1, 0.15) is 18.4 Å². The number of carbonyl (C=O) groups is 1. The molecular formula is C32H38N6O3. The van der Waals surface area contributed by atoms with E-state index in [4.69, 9.17) is 14.5 Å². The molecule has 1 unspecified atom stereocenters. The highest BCUT2D eigenvalue weighted by Crippen LogP contribution is 2.26. The zero-order chi connectivity index (χ0) is 28.4. The highest BCUT2D eigenvalue weighted by atomic mass is 16.5. The summed E-state index contributed by atoms with van der Waals surface area (Å²) in [4.78, 5) is 25.4. The molecule has 5 rings (SSSR count). The normalized spacial score (nSPS) is 18.0. The third kappa shape index (κ3) is 7.93. The number of rotatable bonds is 6. The summed E-state index contributed by atoms with van der Waals surface area (Å²) in [5.74, 6) is 1.33. The first kappa shape index (κ1) is 28.3. The molecule has 6 bridgehead atoms. The first-order valence-corrected chi connectivity index (χ1v) is 14.1. The smallest absolute Gasteiger partial charge is 0.246 e. The van der Waals surface area contributed by atoms with Crippen LogP contribution in [0.25, 0.3) is 11.3 Å². The second kappa shape index (κ2) is 13.9. The molecule has 1 fully saturated rings. The number of hydrogen-bond donors (Lipinski definition) is 2. The number of anilines is 3. The number of fused-ring (bicyclic) bond motifs is 7. The quantitative estimate of drug-likeness (QED) is 0.329. The Hall–Kier alpha value is -4.21. The van der Waals surface area contributed by atoms with Crippen LogP contribution in [0, 0.1) is 0 Å². The van der Waals surface area contributed by atoms with E-state index >= 15 is 0 Å². The Balaban J connectivity index is 1.29. The van der Waals surface area contributed by atoms with Crippen LogP contribution in [0.2, 0.25) is 0 Å². The van der Waals surface area contributed by atoms with E-state index in [-0.39, 0.29) is 5.91 Å². The maximum absolute atomic E-state index is 12.0. The van der Waals surface area contributed by atoms with Gasteiger partial charge in [-0.05, 0) is 67.9 Å². The standard InChI is InChI=1S/C32H38N6O3/c1-3-31(39)38-14-11-28(22-38)37(2)15-13-33-26-18-24-19-27(21-26)35-32-34-12-10-30(36-32)25-8-7-9-29(20-25)41-17-6-4-5-16-40-23-24/h3-5,7-10,12,18-21,28,33H,1,6,11,13-17,22-23H2,2H3,(H,34,35,36)/b5-4+. The fourth-order valence-electron chi connectivity index (χ4n) is 5.07. The second-order valence-electron chi connectivity index (χ2n) is 10.3. The average molecular weight is 555 g/mol. The molecule has 2 N–H and O–H groups in total. The van der Waals surface area contributed by atoms with Gasteiger partial charge in [-0.1, -0.05) is 30.9 Å². The summed E-state index contributed by atoms with van der Waals surface area (Å²) < 4.78 is 11.9. The number of likely N-dealkylation sites (tertiary alicyclic amines) is 1. The maximum atomic E-state index is 12.0. The van der Waals surface area contributed by atoms with E-state index in [1.165, 1.54) is 6.08 Å². The molecule has 214 valence electrons. The van der Waals surface area contributed by atoms with E-state index < -0.39 is 0 Å². The number of nitrogens with one attached hydrogen (secondary N) is 2. The molecule has 0 saturated carbocycles. The van der Waals surface area contributed by atoms with Gasteiger partial charge in [-0.2, -0.15) is 0 Å². The number of ether oxygens (including phenoxy) is 2. The zero-order valence-corrected chi connectivity index (χ0v) is 23.6. The van der Waals surface area contributed by atoms with Gasteiger partial charge in [0.2, 0.25) is 11.9 Å². The van der Waals surface area contributed by atoms with Crippen molar-refractivity contribution in [2.75, 3.05) is 57.1 Å². The van der Waals surface area contributed by atoms with Gasteiger partial charge in [-0.3, -0.25) is 9.69 Å². The van der Waals surface area contributed by atoms with E-state index in [0.717, 1.165) is 73.0 Å². The van der Waals surface area contributed by atoms with Crippen molar-refractivity contribution in [3.63, 3.8) is 0 Å². The molecule has 1 amide bonds. The predicted octanol–water partition coefficient (Wildman–Crippen LogP) is 4.87. The summed E-state index contributed by atoms with van der Waals surface area (Å²) in [5, 5.41) is 6.95. The lowest BCUT2D eigenvalue weighted by atomic mass is 10.1. The first-order chi connectivity index (χ1) is 20.1. The van der Waals surface area contributed by atoms with Gasteiger partial charge in [0.05, 0.1) is 25.5 Å². The highest BCUT2D eigenvalue weighted by Gasteiger charge is 2.27. The Morgan fingerprint density at radius 3 is 3.07 bits per heavy atom. The van der Waals surface area contributed by atoms with Crippen LogP contribution in [0.3, 0.4) is 0 Å². The molecule has 3 aromatic rings. The molecule has 9 nitrogen and oxygen atoms in total. The van der Waals surface area contributed by atoms with E-state index in [1.807, 2.05) is 41.3 Å². The molecular weight excluding hydrogens is 516 g/mol. The molecule has 2 aromatic carbocycles. The largest absolute Gasteiger partial charge is 0.493 e. The van der Waals surface area contributed by atoms with Crippen LogP contribution in [0.5, 0.6) is 5.75 Å². The Bertz CT molecular complexity index is 1380. The lowest BCUT2D eigenvalue weighted by Crippen LogP contribution is -2.38. The van der Waals surface area contributed by atoms with E-state index in [9.17, 15) is 4.79 Å². The Morgan fingerprint density at radius 2 is 2.17 bits per heavy atom. The van der Waals surface area contributed by atoms with E-state index in [0.29, 0.717) is 31.8 Å². The number of benzene rings is 2. The summed E-state index contributed by atoms with van der Waals surface area (Å²) in [6.07, 6.45) is 9.05. The van der Waals surface area contributed by atoms with Crippen LogP contribution in [0.15, 0.2) is 79.5 Å². The van der Waals surface area contributed by atoms with Gasteiger partial charge in [0.15, 0.2) is 0 Å². The van der Waals surface area contributed by atoms with Gasteiger partial charge < -0.3 is 25.0 Å². The number of aromatic nitrogens is 2. The predicted molar refractivity (Wildman–Crippen MR) is 162 cm³/mol. The van der Waals surface area contributed by atoms with Crippen LogP contribution in [-0.4, -0.2) is 78.2 Å². The monoisotopic (exact) mass is 554 g/mol. The molecule has 1 saturated heterocycles. The topological polar surface area (TPSA) is 91.9 Å². The third-order valence-electron chi connectivity index (χ3n) is 7.30. The minimum absolute atomic E-state index is 0.00820. The van der Waals surface area contributed by atoms with Crippen LogP contribution in [0.4, 0.5) is 17.3 Å². The van der Waals surface area contributed by atoms with Crippen molar-refractivity contribution in [3.05, 3.63) is 85.1 Å². The molecule has 1 atom stereocenters. The Kier molecular flexibility index (Phi) is 9.61. The van der Waals surface area contributed by atoms with Gasteiger partial charge >= 0.3 is 0 Å². The van der Waals surface area contributed by atoms with Crippen LogP contribution >= 0.6 is 0 Å². The van der Waals surface area contributed by atoms with Crippen molar-refractivity contribution in [2.45, 2.75) is 25.5 Å². The molecule has 2 aliphatic rings. The summed E-state index contributed by atoms with van der Waals surface area (Å²) >= 11 is 0. The van der Waals surface area contributed by atoms with Gasteiger partial charge in [0, 0.05) is 55.4 Å². The fourth-order valence-corrected chi connectivity index (χ4v) is 5.07. The molecule has 2 aliphatic heterocycles. The van der Waals surface area contributed by atoms with Crippen molar-refractivity contribution in [1.29, 1.82) is 0 Å². The Labute approximate surface area is 241 Å². The molecule has 0 spiro atoms. The molecule has 41 heavy (non-hydrogen) atoms. The fraction of sp³-hybridized carbons (Fsp3) is 0.344. The third-order valence-corrected chi connectivity index (χ3v) is 7.30. The zero-order valence-electron chi connectivity index (χ0n) is 23.6. The minimum atomic E-state index is 0.00820. The molecule has 1 aromatic heterocycles. The summed E-state index contributed by atoms with van der Waals surface area (Å²) in [5.41, 5.74) is 4.69. The number of amides is 1. The average Bonchev–Trinajstić information content (AvgIpc) is 3.49. The second-order valence-corrected chi connectivity index (χ2v) is 10.3. The minimum Gasteiger partial charge on any atom is -0.493 e. The van der Waals surface area contributed by atoms with Gasteiger partial charge in [-0.15, -0.1) is 0 Å². The first-order valence-electron chi connectivity index (χ1n) is 14.1. The van der Waals surface area contributed by atoms with Crippen molar-refractivity contribution in [3.8, 4) is 17.0 Å². The van der Waals surface area contributed by atoms with Crippen LogP contribution < -0.4 is 15.4 Å². The molecule has 0 radical (unpaired) electrons. The van der Waals surface area contributed by atoms with Gasteiger partial charge in [0.25, 0.3) is 0 Å². The summed E-state index contributed by atoms with van der Waals surface area (Å²) in [6, 6.07) is 16.5. The lowest BCUT2D eigenvalue weighted by Gasteiger charge is -2.25. The summed E-state index contributed by atoms with van der Waals surface area (Å²) in [7, 11) is 2.12. The number of hydrogen-bond acceptors (Lipinski definition) is 8. The molecule has 3 heterocycles. The number of carbonyl (C=O) groups excluding carboxylic acids is 1. The maximum Gasteiger partial charge on any atom is 0.246 e. The number of nitrogens with zero attached hydrogens (tertiary/aromatic N) is 4. The lowest BCUT2D eigenvalue weighted by molar-refractivity contribution is -0.125. The SMILES string of the molecule is C=CC(=O)N1CCC(N(C)CCNc2cc3cc(c2)Nc2nccc(n2)-c2cccc(c2)OCC/C=C/COC3)C1. The van der Waals surface area contributed by atoms with Crippen LogP contribution in [-0.2, 0) is 16.1 Å². The van der Waals surface area contributed by atoms with Crippen molar-refractivity contribution in [2.24, 2.45) is 0 Å². The van der Waals surface area contributed by atoms with E-state index in [1.54, 1.807) is 6.20 Å². The van der Waals surface area contributed by atoms with Crippen molar-refractivity contribution < 1.29 is 14.3 Å².